The summed E-state index contributed by atoms with van der Waals surface area (Å²) in [6.45, 7) is 0. The van der Waals surface area contributed by atoms with E-state index >= 15 is 17.6 Å². The minimum absolute atomic E-state index is 0.00361. The van der Waals surface area contributed by atoms with Crippen LogP contribution < -0.4 is 0 Å². The lowest BCUT2D eigenvalue weighted by Crippen LogP contribution is -2.15. The first-order valence-electron chi connectivity index (χ1n) is 19.3. The summed E-state index contributed by atoms with van der Waals surface area (Å²) in [6.07, 6.45) is 0.847. The van der Waals surface area contributed by atoms with Crippen molar-refractivity contribution < 1.29 is 54.1 Å². The molecule has 2 aliphatic carbocycles. The molecule has 8 aromatic rings. The number of benzene rings is 8. The van der Waals surface area contributed by atoms with Crippen LogP contribution in [0.1, 0.15) is 22.3 Å². The lowest BCUT2D eigenvalue weighted by atomic mass is 9.69. The summed E-state index contributed by atoms with van der Waals surface area (Å²) in [6, 6.07) is 26.2. The molecule has 0 aliphatic heterocycles. The molecule has 0 aromatic heterocycles. The number of rotatable bonds is 4. The van der Waals surface area contributed by atoms with E-state index in [0.717, 1.165) is 21.9 Å². The Labute approximate surface area is 345 Å². The Morgan fingerprint density at radius 3 is 0.952 bits per heavy atom. The lowest BCUT2D eigenvalue weighted by Gasteiger charge is -2.34. The molecule has 0 unspecified atom stereocenters. The van der Waals surface area contributed by atoms with Gasteiger partial charge < -0.3 is 10.2 Å². The number of halogens is 10. The zero-order chi connectivity index (χ0) is 43.5. The molecular formula is C50H26F10O2. The number of fused-ring (bicyclic) bond motifs is 10. The maximum absolute atomic E-state index is 15.6. The highest BCUT2D eigenvalue weighted by molar-refractivity contribution is 6.12. The van der Waals surface area contributed by atoms with Crippen molar-refractivity contribution in [2.45, 2.75) is 25.7 Å². The molecule has 2 N–H and O–H groups in total. The number of phenolic OH excluding ortho intramolecular Hbond substituents is 2. The van der Waals surface area contributed by atoms with Crippen molar-refractivity contribution in [3.63, 3.8) is 0 Å². The van der Waals surface area contributed by atoms with Gasteiger partial charge in [-0.15, -0.1) is 0 Å². The van der Waals surface area contributed by atoms with Crippen LogP contribution in [0.5, 0.6) is 11.5 Å². The molecule has 8 aromatic carbocycles. The molecule has 0 atom stereocenters. The van der Waals surface area contributed by atoms with Gasteiger partial charge in [0.15, 0.2) is 46.5 Å². The third-order valence-electron chi connectivity index (χ3n) is 12.1. The fourth-order valence-electron chi connectivity index (χ4n) is 9.43. The average molecular weight is 849 g/mol. The quantitative estimate of drug-likeness (QED) is 0.105. The molecule has 0 saturated carbocycles. The highest BCUT2D eigenvalue weighted by atomic mass is 19.2. The van der Waals surface area contributed by atoms with E-state index in [1.807, 2.05) is 24.3 Å². The van der Waals surface area contributed by atoms with Gasteiger partial charge in [0.05, 0.1) is 11.1 Å². The standard InChI is InChI=1S/C50H26F10O2/c51-39-37(40(52)44(56)47(59)43(39)55)29-19-23-15-17-27-25-13-7-8-14-26(25)28-18-16-24-20-30(38-41(53)45(57)48(60)46(58)42(38)54)50(62)34(22-11-5-2-6-12-22)32(24)36(28)35(27)31(23)33(49(29)61)21-9-3-1-4-10-21/h1-14,19-20,61-62H,15-18H2. The third-order valence-corrected chi connectivity index (χ3v) is 12.1. The van der Waals surface area contributed by atoms with Crippen molar-refractivity contribution >= 4 is 10.8 Å². The van der Waals surface area contributed by atoms with E-state index in [4.69, 9.17) is 0 Å². The van der Waals surface area contributed by atoms with E-state index < -0.39 is 91.9 Å². The molecule has 0 saturated heterocycles. The van der Waals surface area contributed by atoms with Crippen LogP contribution in [0.25, 0.3) is 77.5 Å². The predicted molar refractivity (Wildman–Crippen MR) is 214 cm³/mol. The van der Waals surface area contributed by atoms with E-state index in [1.165, 1.54) is 12.1 Å². The van der Waals surface area contributed by atoms with Gasteiger partial charge in [-0.1, -0.05) is 84.9 Å². The van der Waals surface area contributed by atoms with Gasteiger partial charge in [0.2, 0.25) is 11.6 Å². The maximum Gasteiger partial charge on any atom is 0.200 e. The fourth-order valence-corrected chi connectivity index (χ4v) is 9.43. The van der Waals surface area contributed by atoms with Crippen LogP contribution in [0.2, 0.25) is 0 Å². The van der Waals surface area contributed by atoms with E-state index in [9.17, 15) is 36.6 Å². The fraction of sp³-hybridized carbons (Fsp3) is 0.0800. The first-order chi connectivity index (χ1) is 29.8. The van der Waals surface area contributed by atoms with Gasteiger partial charge in [-0.2, -0.15) is 0 Å². The summed E-state index contributed by atoms with van der Waals surface area (Å²) in [5.74, 6) is -23.7. The highest BCUT2D eigenvalue weighted by Gasteiger charge is 2.38. The summed E-state index contributed by atoms with van der Waals surface area (Å²) in [5, 5.41) is 26.2. The van der Waals surface area contributed by atoms with Crippen LogP contribution in [-0.2, 0) is 25.7 Å². The monoisotopic (exact) mass is 848 g/mol. The molecular weight excluding hydrogens is 823 g/mol. The molecule has 10 rings (SSSR count). The number of phenols is 2. The van der Waals surface area contributed by atoms with Crippen molar-refractivity contribution in [2.75, 3.05) is 0 Å². The first kappa shape index (κ1) is 39.1. The van der Waals surface area contributed by atoms with E-state index in [0.29, 0.717) is 44.5 Å². The van der Waals surface area contributed by atoms with Crippen molar-refractivity contribution in [3.8, 4) is 78.3 Å². The first-order valence-corrected chi connectivity index (χ1v) is 19.3. The smallest absolute Gasteiger partial charge is 0.200 e. The van der Waals surface area contributed by atoms with Crippen LogP contribution in [0.15, 0.2) is 97.1 Å². The van der Waals surface area contributed by atoms with Crippen molar-refractivity contribution in [1.29, 1.82) is 0 Å². The Balaban J connectivity index is 1.38. The lowest BCUT2D eigenvalue weighted by molar-refractivity contribution is 0.380. The van der Waals surface area contributed by atoms with Crippen molar-refractivity contribution in [2.24, 2.45) is 0 Å². The van der Waals surface area contributed by atoms with Crippen LogP contribution >= 0.6 is 0 Å². The Morgan fingerprint density at radius 1 is 0.306 bits per heavy atom. The van der Waals surface area contributed by atoms with Gasteiger partial charge in [-0.25, -0.2) is 43.9 Å². The minimum atomic E-state index is -2.36. The molecule has 2 aliphatic rings. The van der Waals surface area contributed by atoms with Gasteiger partial charge in [0, 0.05) is 22.3 Å². The second-order valence-corrected chi connectivity index (χ2v) is 15.2. The Bertz CT molecular complexity index is 2980. The minimum Gasteiger partial charge on any atom is -0.507 e. The Hall–Kier alpha value is -7.08. The van der Waals surface area contributed by atoms with E-state index in [1.54, 1.807) is 60.7 Å². The third kappa shape index (κ3) is 5.44. The maximum atomic E-state index is 15.6. The zero-order valence-corrected chi connectivity index (χ0v) is 31.7. The molecule has 0 heterocycles. The number of hydrogen-bond donors (Lipinski definition) is 2. The van der Waals surface area contributed by atoms with Gasteiger partial charge >= 0.3 is 0 Å². The van der Waals surface area contributed by atoms with Gasteiger partial charge in [0.1, 0.15) is 11.5 Å². The summed E-state index contributed by atoms with van der Waals surface area (Å²) in [5.41, 5.74) is 0.530. The second kappa shape index (κ2) is 14.3. The molecule has 308 valence electrons. The Kier molecular flexibility index (Phi) is 8.99. The van der Waals surface area contributed by atoms with Gasteiger partial charge in [-0.05, 0) is 104 Å². The average Bonchev–Trinajstić information content (AvgIpc) is 3.29. The molecule has 0 fully saturated rings. The van der Waals surface area contributed by atoms with E-state index in [2.05, 4.69) is 0 Å². The molecule has 0 radical (unpaired) electrons. The van der Waals surface area contributed by atoms with Crippen LogP contribution in [0, 0.1) is 58.2 Å². The second-order valence-electron chi connectivity index (χ2n) is 15.2. The summed E-state index contributed by atoms with van der Waals surface area (Å²) < 4.78 is 150. The Morgan fingerprint density at radius 2 is 0.613 bits per heavy atom. The number of aryl methyl sites for hydroxylation is 4. The summed E-state index contributed by atoms with van der Waals surface area (Å²) in [7, 11) is 0. The largest absolute Gasteiger partial charge is 0.507 e. The van der Waals surface area contributed by atoms with Crippen molar-refractivity contribution in [1.82, 2.24) is 0 Å². The molecule has 62 heavy (non-hydrogen) atoms. The predicted octanol–water partition coefficient (Wildman–Crippen LogP) is 13.8. The SMILES string of the molecule is Oc1c(-c2c(F)c(F)c(F)c(F)c2F)cc2c(c1-c1ccccc1)-c1c3c(c4ccccc4c1CC2)CCc1cc(-c2c(F)c(F)c(F)c(F)c2F)c(O)c(-c2ccccc2)c1-3. The molecule has 12 heteroatoms. The normalized spacial score (nSPS) is 12.9. The van der Waals surface area contributed by atoms with Crippen LogP contribution in [0.3, 0.4) is 0 Å². The molecule has 0 spiro atoms. The molecule has 0 amide bonds. The summed E-state index contributed by atoms with van der Waals surface area (Å²) >= 11 is 0. The van der Waals surface area contributed by atoms with Crippen LogP contribution in [-0.4, -0.2) is 10.2 Å². The highest BCUT2D eigenvalue weighted by Crippen LogP contribution is 2.59. The van der Waals surface area contributed by atoms with Crippen LogP contribution in [0.4, 0.5) is 43.9 Å². The number of hydrogen-bond acceptors (Lipinski definition) is 2. The number of aromatic hydroxyl groups is 2. The topological polar surface area (TPSA) is 40.5 Å². The van der Waals surface area contributed by atoms with Gasteiger partial charge in [0.25, 0.3) is 0 Å². The van der Waals surface area contributed by atoms with E-state index in [-0.39, 0.29) is 36.8 Å². The zero-order valence-electron chi connectivity index (χ0n) is 31.7. The molecule has 0 bridgehead atoms. The van der Waals surface area contributed by atoms with Crippen molar-refractivity contribution in [3.05, 3.63) is 177 Å². The summed E-state index contributed by atoms with van der Waals surface area (Å²) in [4.78, 5) is 0. The van der Waals surface area contributed by atoms with Gasteiger partial charge in [-0.3, -0.25) is 0 Å². The molecule has 2 nitrogen and oxygen atoms in total.